The number of carboxylic acids is 2. The van der Waals surface area contributed by atoms with Gasteiger partial charge in [-0.3, -0.25) is 14.6 Å². The smallest absolute Gasteiger partial charge is 0.335 e. The van der Waals surface area contributed by atoms with Crippen molar-refractivity contribution in [2.75, 3.05) is 32.7 Å². The van der Waals surface area contributed by atoms with Gasteiger partial charge >= 0.3 is 11.9 Å². The van der Waals surface area contributed by atoms with E-state index in [1.807, 2.05) is 4.90 Å². The van der Waals surface area contributed by atoms with Crippen molar-refractivity contribution in [2.45, 2.75) is 12.5 Å². The fraction of sp³-hybridized carbons (Fsp3) is 0.421. The molecule has 0 spiro atoms. The number of carboxylic acid groups (broad SMARTS) is 2. The van der Waals surface area contributed by atoms with Gasteiger partial charge in [0, 0.05) is 68.9 Å². The highest BCUT2D eigenvalue weighted by molar-refractivity contribution is 5.96. The van der Waals surface area contributed by atoms with Gasteiger partial charge in [0.05, 0.1) is 11.6 Å². The van der Waals surface area contributed by atoms with E-state index < -0.39 is 18.0 Å². The van der Waals surface area contributed by atoms with E-state index in [1.165, 1.54) is 6.07 Å². The molecule has 0 saturated carbocycles. The Hall–Kier alpha value is -2.89. The predicted molar refractivity (Wildman–Crippen MR) is 98.5 cm³/mol. The number of hydrogen-bond donors (Lipinski definition) is 2. The fourth-order valence-corrected chi connectivity index (χ4v) is 3.71. The molecule has 1 aliphatic rings. The molecular formula is C19H22N4O4. The first-order valence-corrected chi connectivity index (χ1v) is 8.81. The lowest BCUT2D eigenvalue weighted by atomic mass is 10.0. The van der Waals surface area contributed by atoms with Crippen molar-refractivity contribution in [1.82, 2.24) is 14.4 Å². The number of fused-ring (bicyclic) bond motifs is 1. The first-order chi connectivity index (χ1) is 12.9. The number of hydrogen-bond acceptors (Lipinski definition) is 5. The average Bonchev–Trinajstić information content (AvgIpc) is 2.97. The van der Waals surface area contributed by atoms with E-state index in [0.717, 1.165) is 18.5 Å². The molecule has 142 valence electrons. The first-order valence-electron chi connectivity index (χ1n) is 8.81. The minimum Gasteiger partial charge on any atom is -0.480 e. The standard InChI is InChI=1S/C19H22N4O4/c1-21-12-15(14-4-3-13(18(24)25)11-16(14)21)17(19(26)27)23-9-7-22(8-10-23)6-2-5-20/h3-4,11-12,17H,2,6-10H2,1H3,(H,24,25)(H,26,27). The number of aliphatic carboxylic acids is 1. The van der Waals surface area contributed by atoms with Crippen molar-refractivity contribution >= 4 is 22.8 Å². The summed E-state index contributed by atoms with van der Waals surface area (Å²) in [6, 6.07) is 6.11. The van der Waals surface area contributed by atoms with Gasteiger partial charge in [0.1, 0.15) is 6.04 Å². The number of piperazine rings is 1. The lowest BCUT2D eigenvalue weighted by molar-refractivity contribution is -0.144. The van der Waals surface area contributed by atoms with Crippen molar-refractivity contribution in [3.63, 3.8) is 0 Å². The summed E-state index contributed by atoms with van der Waals surface area (Å²) in [4.78, 5) is 27.4. The molecule has 2 N–H and O–H groups in total. The Kier molecular flexibility index (Phi) is 5.44. The maximum Gasteiger partial charge on any atom is 0.335 e. The van der Waals surface area contributed by atoms with Gasteiger partial charge in [-0.25, -0.2) is 4.79 Å². The van der Waals surface area contributed by atoms with Crippen LogP contribution in [0.25, 0.3) is 10.9 Å². The minimum absolute atomic E-state index is 0.174. The molecule has 3 rings (SSSR count). The van der Waals surface area contributed by atoms with Crippen LogP contribution in [-0.4, -0.2) is 69.2 Å². The summed E-state index contributed by atoms with van der Waals surface area (Å²) in [7, 11) is 1.79. The molecule has 2 aromatic rings. The lowest BCUT2D eigenvalue weighted by Crippen LogP contribution is -2.49. The second-order valence-electron chi connectivity index (χ2n) is 6.76. The number of rotatable bonds is 6. The minimum atomic E-state index is -1.01. The maximum atomic E-state index is 12.1. The summed E-state index contributed by atoms with van der Waals surface area (Å²) >= 11 is 0. The normalized spacial score (nSPS) is 16.9. The predicted octanol–water partition coefficient (Wildman–Crippen LogP) is 1.53. The third-order valence-electron chi connectivity index (χ3n) is 5.11. The Morgan fingerprint density at radius 2 is 1.93 bits per heavy atom. The lowest BCUT2D eigenvalue weighted by Gasteiger charge is -2.37. The maximum absolute atomic E-state index is 12.1. The van der Waals surface area contributed by atoms with Gasteiger partial charge in [0.2, 0.25) is 0 Å². The molecule has 0 amide bonds. The third kappa shape index (κ3) is 3.79. The summed E-state index contributed by atoms with van der Waals surface area (Å²) in [6.07, 6.45) is 2.24. The van der Waals surface area contributed by atoms with Crippen molar-refractivity contribution in [2.24, 2.45) is 7.05 Å². The van der Waals surface area contributed by atoms with Gasteiger partial charge in [-0.1, -0.05) is 6.07 Å². The van der Waals surface area contributed by atoms with Gasteiger partial charge in [-0.05, 0) is 12.1 Å². The number of aromatic carboxylic acids is 1. The van der Waals surface area contributed by atoms with Crippen molar-refractivity contribution < 1.29 is 19.8 Å². The van der Waals surface area contributed by atoms with E-state index in [9.17, 15) is 19.8 Å². The number of nitriles is 1. The molecule has 0 aliphatic carbocycles. The van der Waals surface area contributed by atoms with Crippen LogP contribution < -0.4 is 0 Å². The zero-order valence-corrected chi connectivity index (χ0v) is 15.1. The molecule has 8 nitrogen and oxygen atoms in total. The average molecular weight is 370 g/mol. The fourth-order valence-electron chi connectivity index (χ4n) is 3.71. The number of aryl methyl sites for hydroxylation is 1. The number of nitrogens with zero attached hydrogens (tertiary/aromatic N) is 4. The van der Waals surface area contributed by atoms with E-state index in [-0.39, 0.29) is 5.56 Å². The van der Waals surface area contributed by atoms with Crippen LogP contribution in [0.5, 0.6) is 0 Å². The van der Waals surface area contributed by atoms with Crippen LogP contribution in [0.4, 0.5) is 0 Å². The molecule has 1 atom stereocenters. The van der Waals surface area contributed by atoms with Crippen molar-refractivity contribution in [3.05, 3.63) is 35.5 Å². The zero-order chi connectivity index (χ0) is 19.6. The van der Waals surface area contributed by atoms with Gasteiger partial charge in [-0.15, -0.1) is 0 Å². The summed E-state index contributed by atoms with van der Waals surface area (Å²) in [5, 5.41) is 28.6. The van der Waals surface area contributed by atoms with Gasteiger partial charge in [0.15, 0.2) is 0 Å². The first kappa shape index (κ1) is 18.9. The summed E-state index contributed by atoms with van der Waals surface area (Å²) < 4.78 is 1.77. The molecule has 1 fully saturated rings. The molecule has 8 heteroatoms. The van der Waals surface area contributed by atoms with Gasteiger partial charge in [-0.2, -0.15) is 5.26 Å². The Bertz CT molecular complexity index is 906. The molecule has 1 aromatic heterocycles. The Morgan fingerprint density at radius 1 is 1.22 bits per heavy atom. The van der Waals surface area contributed by atoms with E-state index in [0.29, 0.717) is 37.1 Å². The molecule has 1 aliphatic heterocycles. The van der Waals surface area contributed by atoms with Gasteiger partial charge in [0.25, 0.3) is 0 Å². The topological polar surface area (TPSA) is 110 Å². The number of carbonyl (C=O) groups is 2. The van der Waals surface area contributed by atoms with Gasteiger partial charge < -0.3 is 14.8 Å². The van der Waals surface area contributed by atoms with Crippen LogP contribution in [-0.2, 0) is 11.8 Å². The van der Waals surface area contributed by atoms with E-state index in [1.54, 1.807) is 29.9 Å². The quantitative estimate of drug-likeness (QED) is 0.793. The zero-order valence-electron chi connectivity index (χ0n) is 15.1. The molecule has 1 aromatic carbocycles. The van der Waals surface area contributed by atoms with E-state index >= 15 is 0 Å². The van der Waals surface area contributed by atoms with Crippen LogP contribution in [0.2, 0.25) is 0 Å². The van der Waals surface area contributed by atoms with Crippen molar-refractivity contribution in [1.29, 1.82) is 5.26 Å². The highest BCUT2D eigenvalue weighted by atomic mass is 16.4. The number of benzene rings is 1. The highest BCUT2D eigenvalue weighted by Gasteiger charge is 2.32. The van der Waals surface area contributed by atoms with E-state index in [4.69, 9.17) is 5.26 Å². The van der Waals surface area contributed by atoms with Crippen LogP contribution in [0, 0.1) is 11.3 Å². The van der Waals surface area contributed by atoms with Crippen molar-refractivity contribution in [3.8, 4) is 6.07 Å². The van der Waals surface area contributed by atoms with Crippen LogP contribution in [0.3, 0.4) is 0 Å². The van der Waals surface area contributed by atoms with Crippen LogP contribution in [0.15, 0.2) is 24.4 Å². The monoisotopic (exact) mass is 370 g/mol. The molecule has 1 saturated heterocycles. The Morgan fingerprint density at radius 3 is 2.52 bits per heavy atom. The largest absolute Gasteiger partial charge is 0.480 e. The van der Waals surface area contributed by atoms with Crippen LogP contribution >= 0.6 is 0 Å². The molecule has 2 heterocycles. The Balaban J connectivity index is 1.89. The SMILES string of the molecule is Cn1cc(C(C(=O)O)N2CCN(CCC#N)CC2)c2ccc(C(=O)O)cc21. The third-order valence-corrected chi connectivity index (χ3v) is 5.11. The molecular weight excluding hydrogens is 348 g/mol. The highest BCUT2D eigenvalue weighted by Crippen LogP contribution is 2.31. The summed E-state index contributed by atoms with van der Waals surface area (Å²) in [6.45, 7) is 3.35. The number of aromatic nitrogens is 1. The summed E-state index contributed by atoms with van der Waals surface area (Å²) in [5.41, 5.74) is 1.54. The molecule has 1 unspecified atom stereocenters. The molecule has 27 heavy (non-hydrogen) atoms. The Labute approximate surface area is 156 Å². The molecule has 0 radical (unpaired) electrons. The summed E-state index contributed by atoms with van der Waals surface area (Å²) in [5.74, 6) is -1.93. The van der Waals surface area contributed by atoms with E-state index in [2.05, 4.69) is 11.0 Å². The molecule has 0 bridgehead atoms. The second kappa shape index (κ2) is 7.78. The van der Waals surface area contributed by atoms with Crippen LogP contribution in [0.1, 0.15) is 28.4 Å². The second-order valence-corrected chi connectivity index (χ2v) is 6.76.